The van der Waals surface area contributed by atoms with E-state index in [1.165, 1.54) is 76.2 Å². The zero-order chi connectivity index (χ0) is 22.6. The minimum absolute atomic E-state index is 0.713. The van der Waals surface area contributed by atoms with Gasteiger partial charge in [0.05, 0.1) is 12.3 Å². The van der Waals surface area contributed by atoms with Gasteiger partial charge in [-0.2, -0.15) is 0 Å². The fraction of sp³-hybridized carbons (Fsp3) is 0.633. The Bertz CT molecular complexity index is 743. The van der Waals surface area contributed by atoms with Crippen molar-refractivity contribution < 1.29 is 4.74 Å². The highest BCUT2D eigenvalue weighted by atomic mass is 16.5. The number of hydrogen-bond acceptors (Lipinski definition) is 2. The summed E-state index contributed by atoms with van der Waals surface area (Å²) in [7, 11) is 0. The zero-order valence-electron chi connectivity index (χ0n) is 20.8. The largest absolute Gasteiger partial charge is 0.494 e. The molecule has 176 valence electrons. The van der Waals surface area contributed by atoms with Crippen molar-refractivity contribution in [1.82, 2.24) is 4.98 Å². The minimum atomic E-state index is 0.713. The van der Waals surface area contributed by atoms with Crippen LogP contribution in [-0.2, 0) is 6.42 Å². The highest BCUT2D eigenvalue weighted by Gasteiger charge is 2.20. The third kappa shape index (κ3) is 8.26. The highest BCUT2D eigenvalue weighted by Crippen LogP contribution is 2.34. The Kier molecular flexibility index (Phi) is 10.6. The number of benzene rings is 1. The normalized spacial score (nSPS) is 19.6. The van der Waals surface area contributed by atoms with Crippen LogP contribution < -0.4 is 4.74 Å². The predicted molar refractivity (Wildman–Crippen MR) is 137 cm³/mol. The number of unbranched alkanes of at least 4 members (excludes halogenated alkanes) is 2. The summed E-state index contributed by atoms with van der Waals surface area (Å²) in [5.41, 5.74) is 3.52. The van der Waals surface area contributed by atoms with E-state index in [0.717, 1.165) is 41.9 Å². The van der Waals surface area contributed by atoms with Gasteiger partial charge < -0.3 is 4.74 Å². The molecule has 1 aromatic carbocycles. The van der Waals surface area contributed by atoms with E-state index in [9.17, 15) is 0 Å². The highest BCUT2D eigenvalue weighted by molar-refractivity contribution is 5.60. The number of rotatable bonds is 13. The lowest BCUT2D eigenvalue weighted by Gasteiger charge is -2.28. The summed E-state index contributed by atoms with van der Waals surface area (Å²) in [5, 5.41) is 0. The third-order valence-corrected chi connectivity index (χ3v) is 7.46. The van der Waals surface area contributed by atoms with Crippen LogP contribution in [-0.4, -0.2) is 11.6 Å². The Morgan fingerprint density at radius 1 is 0.875 bits per heavy atom. The van der Waals surface area contributed by atoms with Crippen LogP contribution in [0, 0.1) is 17.8 Å². The van der Waals surface area contributed by atoms with Crippen molar-refractivity contribution in [3.8, 4) is 17.0 Å². The van der Waals surface area contributed by atoms with E-state index in [1.807, 2.05) is 6.20 Å². The first kappa shape index (κ1) is 24.8. The molecule has 1 aliphatic rings. The monoisotopic (exact) mass is 435 g/mol. The lowest BCUT2D eigenvalue weighted by molar-refractivity contribution is 0.228. The summed E-state index contributed by atoms with van der Waals surface area (Å²) >= 11 is 0. The molecule has 0 aliphatic heterocycles. The molecule has 2 heteroatoms. The molecule has 3 rings (SSSR count). The number of ether oxygens (including phenoxy) is 1. The van der Waals surface area contributed by atoms with Crippen molar-refractivity contribution in [2.75, 3.05) is 6.61 Å². The van der Waals surface area contributed by atoms with Crippen LogP contribution in [0.15, 0.2) is 42.6 Å². The molecule has 0 bridgehead atoms. The Hall–Kier alpha value is -1.83. The first-order chi connectivity index (χ1) is 15.7. The molecule has 1 aliphatic carbocycles. The van der Waals surface area contributed by atoms with Crippen LogP contribution in [0.2, 0.25) is 0 Å². The zero-order valence-corrected chi connectivity index (χ0v) is 20.8. The van der Waals surface area contributed by atoms with Crippen LogP contribution in [0.4, 0.5) is 0 Å². The van der Waals surface area contributed by atoms with Gasteiger partial charge in [-0.15, -0.1) is 0 Å². The molecule has 0 N–H and O–H groups in total. The Morgan fingerprint density at radius 3 is 2.16 bits per heavy atom. The lowest BCUT2D eigenvalue weighted by atomic mass is 9.78. The van der Waals surface area contributed by atoms with Crippen molar-refractivity contribution in [1.29, 1.82) is 0 Å². The summed E-state index contributed by atoms with van der Waals surface area (Å²) in [6.07, 6.45) is 18.3. The molecule has 1 saturated carbocycles. The molecule has 2 nitrogen and oxygen atoms in total. The van der Waals surface area contributed by atoms with Gasteiger partial charge in [0.1, 0.15) is 5.75 Å². The van der Waals surface area contributed by atoms with E-state index >= 15 is 0 Å². The van der Waals surface area contributed by atoms with Gasteiger partial charge in [-0.3, -0.25) is 4.98 Å². The smallest absolute Gasteiger partial charge is 0.119 e. The SMILES string of the molecule is CCCCCC1CCC(CCCOc2ccc(-c3ccc(CC(C)CC)cn3)cc2)CC1. The van der Waals surface area contributed by atoms with Crippen molar-refractivity contribution in [2.24, 2.45) is 17.8 Å². The lowest BCUT2D eigenvalue weighted by Crippen LogP contribution is -2.15. The van der Waals surface area contributed by atoms with Crippen LogP contribution >= 0.6 is 0 Å². The van der Waals surface area contributed by atoms with E-state index in [4.69, 9.17) is 4.74 Å². The average molecular weight is 436 g/mol. The molecule has 2 aromatic rings. The third-order valence-electron chi connectivity index (χ3n) is 7.46. The standard InChI is InChI=1S/C30H45NO/c1-4-6-7-9-25-11-13-26(14-12-25)10-8-21-32-29-18-16-28(17-19-29)30-20-15-27(23-31-30)22-24(3)5-2/h15-20,23-26H,4-14,21-22H2,1-3H3. The first-order valence-electron chi connectivity index (χ1n) is 13.4. The van der Waals surface area contributed by atoms with Gasteiger partial charge in [0.2, 0.25) is 0 Å². The minimum Gasteiger partial charge on any atom is -0.494 e. The topological polar surface area (TPSA) is 22.1 Å². The molecular weight excluding hydrogens is 390 g/mol. The Balaban J connectivity index is 1.34. The fourth-order valence-electron chi connectivity index (χ4n) is 5.04. The molecular formula is C30H45NO. The second-order valence-electron chi connectivity index (χ2n) is 10.2. The van der Waals surface area contributed by atoms with Gasteiger partial charge in [-0.05, 0) is 72.9 Å². The molecule has 0 spiro atoms. The number of hydrogen-bond donors (Lipinski definition) is 0. The maximum Gasteiger partial charge on any atom is 0.119 e. The molecule has 0 saturated heterocycles. The van der Waals surface area contributed by atoms with E-state index in [1.54, 1.807) is 0 Å². The molecule has 1 atom stereocenters. The molecule has 1 aromatic heterocycles. The maximum absolute atomic E-state index is 6.03. The van der Waals surface area contributed by atoms with Gasteiger partial charge in [-0.1, -0.05) is 84.6 Å². The van der Waals surface area contributed by atoms with E-state index in [2.05, 4.69) is 62.2 Å². The molecule has 1 heterocycles. The summed E-state index contributed by atoms with van der Waals surface area (Å²) in [5.74, 6) is 3.63. The van der Waals surface area contributed by atoms with Crippen LogP contribution in [0.25, 0.3) is 11.3 Å². The summed E-state index contributed by atoms with van der Waals surface area (Å²) in [6.45, 7) is 7.68. The number of aromatic nitrogens is 1. The van der Waals surface area contributed by atoms with Crippen molar-refractivity contribution >= 4 is 0 Å². The van der Waals surface area contributed by atoms with Crippen LogP contribution in [0.3, 0.4) is 0 Å². The molecule has 1 unspecified atom stereocenters. The second-order valence-corrected chi connectivity index (χ2v) is 10.2. The fourth-order valence-corrected chi connectivity index (χ4v) is 5.04. The van der Waals surface area contributed by atoms with Crippen LogP contribution in [0.1, 0.15) is 97.0 Å². The Morgan fingerprint density at radius 2 is 1.56 bits per heavy atom. The number of pyridine rings is 1. The van der Waals surface area contributed by atoms with Crippen LogP contribution in [0.5, 0.6) is 5.75 Å². The van der Waals surface area contributed by atoms with Crippen molar-refractivity contribution in [3.63, 3.8) is 0 Å². The van der Waals surface area contributed by atoms with Gasteiger partial charge >= 0.3 is 0 Å². The molecule has 0 radical (unpaired) electrons. The van der Waals surface area contributed by atoms with Gasteiger partial charge in [-0.25, -0.2) is 0 Å². The predicted octanol–water partition coefficient (Wildman–Crippen LogP) is 8.88. The van der Waals surface area contributed by atoms with Crippen molar-refractivity contribution in [2.45, 2.75) is 97.8 Å². The van der Waals surface area contributed by atoms with E-state index in [-0.39, 0.29) is 0 Å². The summed E-state index contributed by atoms with van der Waals surface area (Å²) in [6, 6.07) is 12.8. The summed E-state index contributed by atoms with van der Waals surface area (Å²) in [4.78, 5) is 4.68. The van der Waals surface area contributed by atoms with Gasteiger partial charge in [0, 0.05) is 11.8 Å². The molecule has 0 amide bonds. The van der Waals surface area contributed by atoms with E-state index in [0.29, 0.717) is 5.92 Å². The Labute approximate surface area is 197 Å². The first-order valence-corrected chi connectivity index (χ1v) is 13.4. The quantitative estimate of drug-likeness (QED) is 0.293. The summed E-state index contributed by atoms with van der Waals surface area (Å²) < 4.78 is 6.03. The second kappa shape index (κ2) is 13.7. The average Bonchev–Trinajstić information content (AvgIpc) is 2.84. The number of nitrogens with zero attached hydrogens (tertiary/aromatic N) is 1. The van der Waals surface area contributed by atoms with E-state index < -0.39 is 0 Å². The molecule has 32 heavy (non-hydrogen) atoms. The van der Waals surface area contributed by atoms with Gasteiger partial charge in [0.15, 0.2) is 0 Å². The van der Waals surface area contributed by atoms with Crippen molar-refractivity contribution in [3.05, 3.63) is 48.2 Å². The maximum atomic E-state index is 6.03. The van der Waals surface area contributed by atoms with Gasteiger partial charge in [0.25, 0.3) is 0 Å². The molecule has 1 fully saturated rings.